The van der Waals surface area contributed by atoms with Crippen molar-refractivity contribution < 1.29 is 4.79 Å². The molecule has 0 aliphatic heterocycles. The number of aromatic nitrogens is 4. The van der Waals surface area contributed by atoms with Gasteiger partial charge in [0, 0.05) is 25.2 Å². The second kappa shape index (κ2) is 6.64. The third kappa shape index (κ3) is 3.07. The average molecular weight is 371 g/mol. The van der Waals surface area contributed by atoms with E-state index in [9.17, 15) is 4.79 Å². The van der Waals surface area contributed by atoms with Gasteiger partial charge in [-0.05, 0) is 34.2 Å². The van der Waals surface area contributed by atoms with Crippen LogP contribution in [0.2, 0.25) is 0 Å². The first kappa shape index (κ1) is 16.7. The van der Waals surface area contributed by atoms with Gasteiger partial charge < -0.3 is 5.32 Å². The summed E-state index contributed by atoms with van der Waals surface area (Å²) in [4.78, 5) is 12.7. The molecule has 2 aromatic heterocycles. The Morgan fingerprint density at radius 2 is 2.00 bits per heavy atom. The number of nitrogens with one attached hydrogen (secondary N) is 1. The van der Waals surface area contributed by atoms with E-state index in [0.29, 0.717) is 6.54 Å². The van der Waals surface area contributed by atoms with Crippen molar-refractivity contribution in [2.45, 2.75) is 18.9 Å². The maximum atomic E-state index is 12.7. The molecule has 0 bridgehead atoms. The molecule has 2 aromatic carbocycles. The number of amides is 1. The lowest BCUT2D eigenvalue weighted by Gasteiger charge is -2.11. The van der Waals surface area contributed by atoms with Crippen LogP contribution < -0.4 is 5.32 Å². The Morgan fingerprint density at radius 3 is 2.86 bits per heavy atom. The van der Waals surface area contributed by atoms with Crippen molar-refractivity contribution in [2.24, 2.45) is 13.0 Å². The van der Waals surface area contributed by atoms with E-state index in [2.05, 4.69) is 45.8 Å². The summed E-state index contributed by atoms with van der Waals surface area (Å²) < 4.78 is 3.63. The van der Waals surface area contributed by atoms with Crippen molar-refractivity contribution in [3.8, 4) is 0 Å². The van der Waals surface area contributed by atoms with E-state index in [-0.39, 0.29) is 17.7 Å². The number of fused-ring (bicyclic) bond motifs is 1. The number of nitrogens with zero attached hydrogens (tertiary/aromatic N) is 4. The highest BCUT2D eigenvalue weighted by atomic mass is 16.2. The zero-order chi connectivity index (χ0) is 19.1. The molecule has 28 heavy (non-hydrogen) atoms. The monoisotopic (exact) mass is 371 g/mol. The first-order chi connectivity index (χ1) is 13.7. The number of anilines is 1. The van der Waals surface area contributed by atoms with Crippen molar-refractivity contribution in [3.63, 3.8) is 0 Å². The van der Waals surface area contributed by atoms with E-state index in [4.69, 9.17) is 0 Å². The number of hydrogen-bond acceptors (Lipinski definition) is 3. The van der Waals surface area contributed by atoms with Crippen LogP contribution in [0.1, 0.15) is 23.5 Å². The first-order valence-corrected chi connectivity index (χ1v) is 9.47. The SMILES string of the molecule is Cn1cc(C2CC2C(=O)Nc2ccnn2Cc2cccc3ccccc23)cn1. The molecule has 5 rings (SSSR count). The van der Waals surface area contributed by atoms with Gasteiger partial charge in [0.2, 0.25) is 5.91 Å². The zero-order valence-corrected chi connectivity index (χ0v) is 15.6. The maximum absolute atomic E-state index is 12.7. The fraction of sp³-hybridized carbons (Fsp3) is 0.227. The maximum Gasteiger partial charge on any atom is 0.229 e. The van der Waals surface area contributed by atoms with Gasteiger partial charge in [0.25, 0.3) is 0 Å². The lowest BCUT2D eigenvalue weighted by Crippen LogP contribution is -2.18. The average Bonchev–Trinajstić information content (AvgIpc) is 3.22. The second-order valence-corrected chi connectivity index (χ2v) is 7.40. The fourth-order valence-corrected chi connectivity index (χ4v) is 3.86. The van der Waals surface area contributed by atoms with Gasteiger partial charge in [0.1, 0.15) is 5.82 Å². The number of hydrogen-bond donors (Lipinski definition) is 1. The number of rotatable bonds is 5. The highest BCUT2D eigenvalue weighted by Gasteiger charge is 2.44. The topological polar surface area (TPSA) is 64.7 Å². The summed E-state index contributed by atoms with van der Waals surface area (Å²) in [7, 11) is 1.90. The van der Waals surface area contributed by atoms with E-state index in [1.165, 1.54) is 16.3 Å². The predicted octanol–water partition coefficient (Wildman–Crippen LogP) is 3.56. The Hall–Kier alpha value is -3.41. The smallest absolute Gasteiger partial charge is 0.229 e. The lowest BCUT2D eigenvalue weighted by molar-refractivity contribution is -0.117. The molecule has 2 unspecified atom stereocenters. The van der Waals surface area contributed by atoms with E-state index >= 15 is 0 Å². The highest BCUT2D eigenvalue weighted by molar-refractivity contribution is 5.94. The van der Waals surface area contributed by atoms with Crippen molar-refractivity contribution >= 4 is 22.5 Å². The Balaban J connectivity index is 1.32. The Morgan fingerprint density at radius 1 is 1.14 bits per heavy atom. The molecule has 0 saturated heterocycles. The molecule has 0 radical (unpaired) electrons. The molecule has 140 valence electrons. The van der Waals surface area contributed by atoms with Crippen LogP contribution in [0, 0.1) is 5.92 Å². The van der Waals surface area contributed by atoms with Gasteiger partial charge >= 0.3 is 0 Å². The number of benzene rings is 2. The Labute approximate surface area is 162 Å². The largest absolute Gasteiger partial charge is 0.311 e. The number of aryl methyl sites for hydroxylation is 1. The zero-order valence-electron chi connectivity index (χ0n) is 15.6. The van der Waals surface area contributed by atoms with Crippen LogP contribution in [-0.2, 0) is 18.4 Å². The van der Waals surface area contributed by atoms with Crippen molar-refractivity contribution in [1.82, 2.24) is 19.6 Å². The van der Waals surface area contributed by atoms with E-state index in [0.717, 1.165) is 17.8 Å². The van der Waals surface area contributed by atoms with E-state index in [1.54, 1.807) is 10.9 Å². The summed E-state index contributed by atoms with van der Waals surface area (Å²) in [5, 5.41) is 14.1. The van der Waals surface area contributed by atoms with Gasteiger partial charge in [-0.1, -0.05) is 42.5 Å². The minimum Gasteiger partial charge on any atom is -0.311 e. The summed E-state index contributed by atoms with van der Waals surface area (Å²) in [5.41, 5.74) is 2.31. The van der Waals surface area contributed by atoms with Crippen LogP contribution in [0.4, 0.5) is 5.82 Å². The molecule has 1 amide bonds. The standard InChI is InChI=1S/C22H21N5O/c1-26-13-17(12-24-26)19-11-20(19)22(28)25-21-9-10-23-27(21)14-16-7-4-6-15-5-2-3-8-18(15)16/h2-10,12-13,19-20H,11,14H2,1H3,(H,25,28). The number of carbonyl (C=O) groups is 1. The Kier molecular flexibility index (Phi) is 3.97. The molecule has 6 heteroatoms. The van der Waals surface area contributed by atoms with Crippen LogP contribution in [0.25, 0.3) is 10.8 Å². The molecule has 1 aliphatic carbocycles. The molecule has 6 nitrogen and oxygen atoms in total. The molecular formula is C22H21N5O. The molecule has 1 aliphatic rings. The quantitative estimate of drug-likeness (QED) is 0.583. The summed E-state index contributed by atoms with van der Waals surface area (Å²) in [5.74, 6) is 1.05. The van der Waals surface area contributed by atoms with Gasteiger partial charge in [0.15, 0.2) is 0 Å². The lowest BCUT2D eigenvalue weighted by atomic mass is 10.0. The van der Waals surface area contributed by atoms with Crippen LogP contribution in [-0.4, -0.2) is 25.5 Å². The third-order valence-electron chi connectivity index (χ3n) is 5.45. The molecule has 4 aromatic rings. The predicted molar refractivity (Wildman–Crippen MR) is 108 cm³/mol. The van der Waals surface area contributed by atoms with Gasteiger partial charge in [-0.2, -0.15) is 10.2 Å². The van der Waals surface area contributed by atoms with Crippen LogP contribution in [0.5, 0.6) is 0 Å². The molecule has 0 spiro atoms. The van der Waals surface area contributed by atoms with E-state index in [1.807, 2.05) is 42.3 Å². The van der Waals surface area contributed by atoms with Crippen LogP contribution in [0.3, 0.4) is 0 Å². The Bertz CT molecular complexity index is 1150. The summed E-state index contributed by atoms with van der Waals surface area (Å²) in [6.07, 6.45) is 6.44. The van der Waals surface area contributed by atoms with Gasteiger partial charge in [-0.3, -0.25) is 9.48 Å². The van der Waals surface area contributed by atoms with Crippen molar-refractivity contribution in [1.29, 1.82) is 0 Å². The van der Waals surface area contributed by atoms with Crippen molar-refractivity contribution in [2.75, 3.05) is 5.32 Å². The molecule has 1 fully saturated rings. The molecule has 1 N–H and O–H groups in total. The molecule has 2 atom stereocenters. The third-order valence-corrected chi connectivity index (χ3v) is 5.45. The number of carbonyl (C=O) groups excluding carboxylic acids is 1. The van der Waals surface area contributed by atoms with Crippen LogP contribution >= 0.6 is 0 Å². The minimum absolute atomic E-state index is 0.00473. The summed E-state index contributed by atoms with van der Waals surface area (Å²) in [6.45, 7) is 0.612. The van der Waals surface area contributed by atoms with Crippen molar-refractivity contribution in [3.05, 3.63) is 78.2 Å². The van der Waals surface area contributed by atoms with E-state index < -0.39 is 0 Å². The minimum atomic E-state index is 0.00473. The molecular weight excluding hydrogens is 350 g/mol. The summed E-state index contributed by atoms with van der Waals surface area (Å²) in [6, 6.07) is 16.4. The molecule has 1 saturated carbocycles. The highest BCUT2D eigenvalue weighted by Crippen LogP contribution is 2.47. The second-order valence-electron chi connectivity index (χ2n) is 7.40. The van der Waals surface area contributed by atoms with Crippen LogP contribution in [0.15, 0.2) is 67.1 Å². The fourth-order valence-electron chi connectivity index (χ4n) is 3.86. The van der Waals surface area contributed by atoms with Gasteiger partial charge in [-0.15, -0.1) is 0 Å². The first-order valence-electron chi connectivity index (χ1n) is 9.47. The normalized spacial score (nSPS) is 18.3. The summed E-state index contributed by atoms with van der Waals surface area (Å²) >= 11 is 0. The molecule has 2 heterocycles. The van der Waals surface area contributed by atoms with Gasteiger partial charge in [-0.25, -0.2) is 4.68 Å². The van der Waals surface area contributed by atoms with Gasteiger partial charge in [0.05, 0.1) is 18.9 Å².